The fraction of sp³-hybridized carbons (Fsp3) is 0.278. The van der Waals surface area contributed by atoms with Crippen molar-refractivity contribution in [3.63, 3.8) is 0 Å². The number of benzene rings is 2. The van der Waals surface area contributed by atoms with Gasteiger partial charge in [-0.2, -0.15) is 0 Å². The molecule has 0 radical (unpaired) electrons. The Morgan fingerprint density at radius 3 is 2.23 bits per heavy atom. The number of nitrogens with one attached hydrogen (secondary N) is 1. The van der Waals surface area contributed by atoms with Crippen LogP contribution in [0.1, 0.15) is 27.8 Å². The lowest BCUT2D eigenvalue weighted by Crippen LogP contribution is -2.15. The van der Waals surface area contributed by atoms with Gasteiger partial charge in [-0.25, -0.2) is 4.79 Å². The number of aromatic hydroxyl groups is 1. The SMILES string of the molecule is Cc1c(C)c(C)c(NC(=O)OCc2ccccc2)c(O)c1C. The average molecular weight is 299 g/mol. The lowest BCUT2D eigenvalue weighted by Gasteiger charge is -2.17. The van der Waals surface area contributed by atoms with Crippen molar-refractivity contribution in [3.05, 3.63) is 58.1 Å². The number of hydrogen-bond donors (Lipinski definition) is 2. The zero-order valence-electron chi connectivity index (χ0n) is 13.4. The second-order valence-electron chi connectivity index (χ2n) is 5.41. The topological polar surface area (TPSA) is 58.6 Å². The fourth-order valence-corrected chi connectivity index (χ4v) is 2.31. The smallest absolute Gasteiger partial charge is 0.412 e. The highest BCUT2D eigenvalue weighted by atomic mass is 16.5. The molecule has 22 heavy (non-hydrogen) atoms. The number of ether oxygens (including phenoxy) is 1. The van der Waals surface area contributed by atoms with Crippen molar-refractivity contribution in [1.29, 1.82) is 0 Å². The normalized spacial score (nSPS) is 10.4. The number of phenols is 1. The molecule has 0 aliphatic rings. The minimum Gasteiger partial charge on any atom is -0.505 e. The van der Waals surface area contributed by atoms with Gasteiger partial charge in [-0.05, 0) is 55.5 Å². The molecule has 0 aliphatic carbocycles. The van der Waals surface area contributed by atoms with E-state index in [0.29, 0.717) is 5.69 Å². The summed E-state index contributed by atoms with van der Waals surface area (Å²) in [6.07, 6.45) is -0.579. The lowest BCUT2D eigenvalue weighted by atomic mass is 9.96. The summed E-state index contributed by atoms with van der Waals surface area (Å²) in [4.78, 5) is 12.0. The van der Waals surface area contributed by atoms with E-state index < -0.39 is 6.09 Å². The molecular weight excluding hydrogens is 278 g/mol. The van der Waals surface area contributed by atoms with Gasteiger partial charge in [-0.1, -0.05) is 30.3 Å². The Kier molecular flexibility index (Phi) is 4.71. The first-order chi connectivity index (χ1) is 10.4. The quantitative estimate of drug-likeness (QED) is 0.827. The first-order valence-corrected chi connectivity index (χ1v) is 7.18. The molecule has 0 fully saturated rings. The molecule has 2 aromatic rings. The highest BCUT2D eigenvalue weighted by Crippen LogP contribution is 2.36. The van der Waals surface area contributed by atoms with Crippen molar-refractivity contribution in [1.82, 2.24) is 0 Å². The number of carbonyl (C=O) groups excluding carboxylic acids is 1. The van der Waals surface area contributed by atoms with E-state index in [1.165, 1.54) is 0 Å². The molecular formula is C18H21NO3. The van der Waals surface area contributed by atoms with Crippen LogP contribution in [0.2, 0.25) is 0 Å². The largest absolute Gasteiger partial charge is 0.505 e. The molecule has 0 spiro atoms. The Bertz CT molecular complexity index is 664. The van der Waals surface area contributed by atoms with E-state index >= 15 is 0 Å². The third kappa shape index (κ3) is 3.22. The minimum atomic E-state index is -0.579. The van der Waals surface area contributed by atoms with Gasteiger partial charge in [0.2, 0.25) is 0 Å². The maximum Gasteiger partial charge on any atom is 0.412 e. The predicted molar refractivity (Wildman–Crippen MR) is 87.3 cm³/mol. The van der Waals surface area contributed by atoms with Gasteiger partial charge < -0.3 is 9.84 Å². The number of amides is 1. The van der Waals surface area contributed by atoms with Crippen LogP contribution in [-0.4, -0.2) is 11.2 Å². The highest BCUT2D eigenvalue weighted by Gasteiger charge is 2.17. The number of hydrogen-bond acceptors (Lipinski definition) is 3. The molecule has 0 saturated heterocycles. The van der Waals surface area contributed by atoms with Gasteiger partial charge in [0.15, 0.2) is 0 Å². The second kappa shape index (κ2) is 6.52. The molecule has 0 unspecified atom stereocenters. The van der Waals surface area contributed by atoms with Gasteiger partial charge in [0.05, 0.1) is 5.69 Å². The minimum absolute atomic E-state index is 0.0947. The van der Waals surface area contributed by atoms with Crippen LogP contribution < -0.4 is 5.32 Å². The van der Waals surface area contributed by atoms with E-state index in [9.17, 15) is 9.90 Å². The van der Waals surface area contributed by atoms with Gasteiger partial charge in [0.1, 0.15) is 12.4 Å². The summed E-state index contributed by atoms with van der Waals surface area (Å²) < 4.78 is 5.19. The number of phenolic OH excluding ortho intramolecular Hbond substituents is 1. The van der Waals surface area contributed by atoms with E-state index in [2.05, 4.69) is 5.32 Å². The van der Waals surface area contributed by atoms with Crippen molar-refractivity contribution in [2.45, 2.75) is 34.3 Å². The van der Waals surface area contributed by atoms with Crippen LogP contribution in [0.15, 0.2) is 30.3 Å². The fourth-order valence-electron chi connectivity index (χ4n) is 2.31. The Morgan fingerprint density at radius 2 is 1.59 bits per heavy atom. The molecule has 0 aliphatic heterocycles. The summed E-state index contributed by atoms with van der Waals surface area (Å²) in [6, 6.07) is 9.45. The Labute approximate surface area is 130 Å². The predicted octanol–water partition coefficient (Wildman–Crippen LogP) is 4.37. The zero-order valence-corrected chi connectivity index (χ0v) is 13.4. The van der Waals surface area contributed by atoms with E-state index in [1.807, 2.05) is 58.0 Å². The van der Waals surface area contributed by atoms with E-state index in [0.717, 1.165) is 27.8 Å². The molecule has 4 heteroatoms. The summed E-state index contributed by atoms with van der Waals surface area (Å²) in [5.74, 6) is 0.0947. The number of rotatable bonds is 3. The third-order valence-corrected chi connectivity index (χ3v) is 4.09. The van der Waals surface area contributed by atoms with Gasteiger partial charge in [0, 0.05) is 0 Å². The average Bonchev–Trinajstić information content (AvgIpc) is 2.54. The summed E-state index contributed by atoms with van der Waals surface area (Å²) in [7, 11) is 0. The summed E-state index contributed by atoms with van der Waals surface area (Å²) >= 11 is 0. The Balaban J connectivity index is 2.12. The molecule has 116 valence electrons. The number of carbonyl (C=O) groups is 1. The van der Waals surface area contributed by atoms with Crippen LogP contribution in [0.3, 0.4) is 0 Å². The summed E-state index contributed by atoms with van der Waals surface area (Å²) in [5, 5.41) is 12.9. The van der Waals surface area contributed by atoms with Crippen LogP contribution in [0.25, 0.3) is 0 Å². The van der Waals surface area contributed by atoms with Crippen LogP contribution in [-0.2, 0) is 11.3 Å². The standard InChI is InChI=1S/C18H21NO3/c1-11-12(2)14(4)17(20)16(13(11)3)19-18(21)22-10-15-8-6-5-7-9-15/h5-9,20H,10H2,1-4H3,(H,19,21). The maximum atomic E-state index is 12.0. The van der Waals surface area contributed by atoms with Crippen LogP contribution in [0, 0.1) is 27.7 Å². The monoisotopic (exact) mass is 299 g/mol. The maximum absolute atomic E-state index is 12.0. The Morgan fingerprint density at radius 1 is 1.00 bits per heavy atom. The molecule has 0 heterocycles. The molecule has 2 N–H and O–H groups in total. The van der Waals surface area contributed by atoms with Crippen LogP contribution in [0.4, 0.5) is 10.5 Å². The molecule has 0 aromatic heterocycles. The van der Waals surface area contributed by atoms with Crippen molar-refractivity contribution in [3.8, 4) is 5.75 Å². The Hall–Kier alpha value is -2.49. The zero-order chi connectivity index (χ0) is 16.3. The first-order valence-electron chi connectivity index (χ1n) is 7.18. The second-order valence-corrected chi connectivity index (χ2v) is 5.41. The lowest BCUT2D eigenvalue weighted by molar-refractivity contribution is 0.155. The molecule has 1 amide bonds. The van der Waals surface area contributed by atoms with Crippen molar-refractivity contribution >= 4 is 11.8 Å². The first kappa shape index (κ1) is 15.9. The summed E-state index contributed by atoms with van der Waals surface area (Å²) in [6.45, 7) is 7.81. The number of anilines is 1. The third-order valence-electron chi connectivity index (χ3n) is 4.09. The van der Waals surface area contributed by atoms with Gasteiger partial charge in [0.25, 0.3) is 0 Å². The molecule has 0 atom stereocenters. The summed E-state index contributed by atoms with van der Waals surface area (Å²) in [5.41, 5.74) is 5.01. The van der Waals surface area contributed by atoms with Crippen molar-refractivity contribution in [2.24, 2.45) is 0 Å². The van der Waals surface area contributed by atoms with Crippen molar-refractivity contribution in [2.75, 3.05) is 5.32 Å². The van der Waals surface area contributed by atoms with E-state index in [4.69, 9.17) is 4.74 Å². The van der Waals surface area contributed by atoms with Gasteiger partial charge >= 0.3 is 6.09 Å². The molecule has 2 rings (SSSR count). The molecule has 4 nitrogen and oxygen atoms in total. The van der Waals surface area contributed by atoms with E-state index in [1.54, 1.807) is 0 Å². The van der Waals surface area contributed by atoms with Gasteiger partial charge in [-0.15, -0.1) is 0 Å². The van der Waals surface area contributed by atoms with Crippen LogP contribution >= 0.6 is 0 Å². The van der Waals surface area contributed by atoms with Crippen LogP contribution in [0.5, 0.6) is 5.75 Å². The molecule has 0 bridgehead atoms. The van der Waals surface area contributed by atoms with E-state index in [-0.39, 0.29) is 12.4 Å². The molecule has 2 aromatic carbocycles. The van der Waals surface area contributed by atoms with Crippen molar-refractivity contribution < 1.29 is 14.6 Å². The molecule has 0 saturated carbocycles. The highest BCUT2D eigenvalue weighted by molar-refractivity contribution is 5.89. The van der Waals surface area contributed by atoms with Gasteiger partial charge in [-0.3, -0.25) is 5.32 Å².